The van der Waals surface area contributed by atoms with Crippen LogP contribution in [0.5, 0.6) is 0 Å². The molecule has 0 spiro atoms. The van der Waals surface area contributed by atoms with Crippen LogP contribution in [-0.2, 0) is 32.5 Å². The molecule has 43 heavy (non-hydrogen) atoms. The van der Waals surface area contributed by atoms with Gasteiger partial charge in [-0.05, 0) is 0 Å². The largest absolute Gasteiger partial charge is 0.474 e. The van der Waals surface area contributed by atoms with Crippen molar-refractivity contribution in [3.8, 4) is 12.3 Å². The van der Waals surface area contributed by atoms with Crippen LogP contribution in [0.15, 0.2) is 11.1 Å². The number of phosphoric acid groups is 1. The number of fused-ring (bicyclic) bond motifs is 1. The molecule has 13 nitrogen and oxygen atoms in total. The summed E-state index contributed by atoms with van der Waals surface area (Å²) in [7, 11) is -4.25. The molecule has 3 atom stereocenters. The monoisotopic (exact) mass is 661 g/mol. The number of nitrogen functional groups attached to an aromatic ring is 1. The van der Waals surface area contributed by atoms with Gasteiger partial charge in [0.25, 0.3) is 5.56 Å². The van der Waals surface area contributed by atoms with E-state index in [9.17, 15) is 18.9 Å². The molecular weight excluding hydrogens is 624 g/mol. The van der Waals surface area contributed by atoms with Gasteiger partial charge in [0.2, 0.25) is 11.6 Å². The zero-order valence-electron chi connectivity index (χ0n) is 24.9. The van der Waals surface area contributed by atoms with Crippen LogP contribution in [0.2, 0.25) is 0 Å². The molecule has 2 aromatic heterocycles. The number of nitrogens with zero attached hydrogens (tertiary/aromatic N) is 3. The van der Waals surface area contributed by atoms with Gasteiger partial charge in [-0.2, -0.15) is 4.98 Å². The SMILES string of the molecule is C#C[C@@]1(F)C[C@@H](COP(=O)(OCCSC(=O)C(C)(C)C)OCCSC(=O)C(C)(C)C)O[C@H]1n1cnc2c(=O)[nH]c(N)nc21. The predicted molar refractivity (Wildman–Crippen MR) is 163 cm³/mol. The van der Waals surface area contributed by atoms with Gasteiger partial charge in [0.1, 0.15) is 0 Å². The molecule has 3 heterocycles. The summed E-state index contributed by atoms with van der Waals surface area (Å²) in [5.41, 5.74) is 1.39. The van der Waals surface area contributed by atoms with Crippen molar-refractivity contribution in [2.45, 2.75) is 66.0 Å². The van der Waals surface area contributed by atoms with Crippen molar-refractivity contribution < 1.29 is 36.9 Å². The molecule has 0 amide bonds. The summed E-state index contributed by atoms with van der Waals surface area (Å²) in [4.78, 5) is 46.9. The molecule has 0 bridgehead atoms. The van der Waals surface area contributed by atoms with Crippen molar-refractivity contribution in [2.75, 3.05) is 37.1 Å². The van der Waals surface area contributed by atoms with Gasteiger partial charge in [0, 0.05) is 28.8 Å². The molecule has 1 aliphatic rings. The molecule has 0 aliphatic carbocycles. The van der Waals surface area contributed by atoms with Gasteiger partial charge in [0.15, 0.2) is 27.6 Å². The summed E-state index contributed by atoms with van der Waals surface area (Å²) in [6.45, 7) is 9.95. The number of carbonyl (C=O) groups excluding carboxylic acids is 2. The molecular formula is C26H37FN5O8PS2. The molecule has 2 aromatic rings. The number of terminal acetylenes is 1. The maximum atomic E-state index is 15.9. The number of hydrogen-bond acceptors (Lipinski definition) is 13. The fraction of sp³-hybridized carbons (Fsp3) is 0.654. The Bertz CT molecular complexity index is 1440. The maximum Gasteiger partial charge on any atom is 0.474 e. The third-order valence-electron chi connectivity index (χ3n) is 5.96. The van der Waals surface area contributed by atoms with E-state index in [-0.39, 0.29) is 58.5 Å². The van der Waals surface area contributed by atoms with Crippen LogP contribution in [0, 0.1) is 23.2 Å². The zero-order chi connectivity index (χ0) is 32.2. The number of alkyl halides is 1. The van der Waals surface area contributed by atoms with Crippen LogP contribution in [0.25, 0.3) is 11.2 Å². The van der Waals surface area contributed by atoms with E-state index in [1.54, 1.807) is 41.5 Å². The third-order valence-corrected chi connectivity index (χ3v) is 9.91. The van der Waals surface area contributed by atoms with Crippen molar-refractivity contribution in [2.24, 2.45) is 10.8 Å². The molecule has 0 radical (unpaired) electrons. The molecule has 238 valence electrons. The number of H-pyrrole nitrogens is 1. The lowest BCUT2D eigenvalue weighted by molar-refractivity contribution is -0.118. The Kier molecular flexibility index (Phi) is 11.3. The van der Waals surface area contributed by atoms with Crippen LogP contribution in [-0.4, -0.2) is 72.8 Å². The number of nitrogens with two attached hydrogens (primary N) is 1. The zero-order valence-corrected chi connectivity index (χ0v) is 27.4. The van der Waals surface area contributed by atoms with E-state index in [1.165, 1.54) is 4.57 Å². The lowest BCUT2D eigenvalue weighted by Gasteiger charge is -2.22. The summed E-state index contributed by atoms with van der Waals surface area (Å²) in [5.74, 6) is 2.24. The van der Waals surface area contributed by atoms with Crippen LogP contribution < -0.4 is 11.3 Å². The summed E-state index contributed by atoms with van der Waals surface area (Å²) in [6.07, 6.45) is 3.86. The number of carbonyl (C=O) groups is 2. The molecule has 17 heteroatoms. The van der Waals surface area contributed by atoms with Crippen molar-refractivity contribution in [3.63, 3.8) is 0 Å². The van der Waals surface area contributed by atoms with E-state index in [2.05, 4.69) is 20.9 Å². The number of nitrogens with one attached hydrogen (secondary N) is 1. The van der Waals surface area contributed by atoms with E-state index in [4.69, 9.17) is 30.5 Å². The first-order valence-corrected chi connectivity index (χ1v) is 16.7. The normalized spacial score (nSPS) is 21.3. The smallest absolute Gasteiger partial charge is 0.369 e. The second-order valence-electron chi connectivity index (χ2n) is 11.8. The number of halogens is 1. The van der Waals surface area contributed by atoms with Crippen molar-refractivity contribution in [1.29, 1.82) is 0 Å². The molecule has 1 saturated heterocycles. The highest BCUT2D eigenvalue weighted by atomic mass is 32.2. The standard InChI is InChI=1S/C26H37FN5O8PS2/c1-8-26(27)13-16(40-20(26)32-15-29-17-18(32)30-23(28)31-19(17)33)14-39-41(36,37-9-11-42-21(34)24(2,3)4)38-10-12-43-22(35)25(5,6)7/h1,15-16,20H,9-14H2,2-7H3,(H3,28,30,31,33)/t16-,20+,26+/m0/s1. The van der Waals surface area contributed by atoms with Gasteiger partial charge in [-0.1, -0.05) is 71.0 Å². The van der Waals surface area contributed by atoms with Crippen LogP contribution in [0.1, 0.15) is 54.2 Å². The van der Waals surface area contributed by atoms with Crippen LogP contribution in [0.4, 0.5) is 10.3 Å². The highest BCUT2D eigenvalue weighted by Crippen LogP contribution is 2.51. The molecule has 3 rings (SSSR count). The highest BCUT2D eigenvalue weighted by molar-refractivity contribution is 8.14. The van der Waals surface area contributed by atoms with Crippen molar-refractivity contribution >= 4 is 58.7 Å². The number of hydrogen-bond donors (Lipinski definition) is 2. The average molecular weight is 662 g/mol. The Morgan fingerprint density at radius 2 is 1.74 bits per heavy atom. The second kappa shape index (κ2) is 13.8. The Morgan fingerprint density at radius 3 is 2.26 bits per heavy atom. The minimum absolute atomic E-state index is 0.0351. The maximum absolute atomic E-state index is 15.9. The highest BCUT2D eigenvalue weighted by Gasteiger charge is 2.51. The third kappa shape index (κ3) is 9.13. The number of anilines is 1. The number of rotatable bonds is 12. The Morgan fingerprint density at radius 1 is 1.19 bits per heavy atom. The number of phosphoric ester groups is 1. The molecule has 0 aromatic carbocycles. The predicted octanol–water partition coefficient (Wildman–Crippen LogP) is 4.10. The van der Waals surface area contributed by atoms with Gasteiger partial charge in [-0.15, -0.1) is 6.42 Å². The summed E-state index contributed by atoms with van der Waals surface area (Å²) < 4.78 is 52.9. The molecule has 0 saturated carbocycles. The number of thioether (sulfide) groups is 2. The number of imidazole rings is 1. The van der Waals surface area contributed by atoms with E-state index >= 15 is 4.39 Å². The lowest BCUT2D eigenvalue weighted by atomic mass is 9.99. The van der Waals surface area contributed by atoms with Crippen molar-refractivity contribution in [3.05, 3.63) is 16.7 Å². The molecule has 1 fully saturated rings. The average Bonchev–Trinajstić information content (AvgIpc) is 3.47. The minimum atomic E-state index is -4.25. The fourth-order valence-corrected chi connectivity index (χ4v) is 6.71. The van der Waals surface area contributed by atoms with Gasteiger partial charge in [0.05, 0.1) is 32.3 Å². The summed E-state index contributed by atoms with van der Waals surface area (Å²) in [5, 5.41) is -0.150. The van der Waals surface area contributed by atoms with E-state index in [0.717, 1.165) is 29.9 Å². The summed E-state index contributed by atoms with van der Waals surface area (Å²) >= 11 is 2.03. The van der Waals surface area contributed by atoms with E-state index < -0.39 is 48.8 Å². The Balaban J connectivity index is 1.70. The van der Waals surface area contributed by atoms with Gasteiger partial charge < -0.3 is 10.5 Å². The van der Waals surface area contributed by atoms with E-state index in [0.29, 0.717) is 0 Å². The first-order chi connectivity index (χ1) is 19.9. The molecule has 1 aliphatic heterocycles. The van der Waals surface area contributed by atoms with Crippen LogP contribution >= 0.6 is 31.3 Å². The van der Waals surface area contributed by atoms with Gasteiger partial charge >= 0.3 is 7.82 Å². The second-order valence-corrected chi connectivity index (χ2v) is 15.6. The van der Waals surface area contributed by atoms with Crippen LogP contribution in [0.3, 0.4) is 0 Å². The minimum Gasteiger partial charge on any atom is -0.369 e. The number of aromatic nitrogens is 4. The quantitative estimate of drug-likeness (QED) is 0.189. The molecule has 3 N–H and O–H groups in total. The first kappa shape index (κ1) is 35.2. The lowest BCUT2D eigenvalue weighted by Crippen LogP contribution is -2.29. The number of aromatic amines is 1. The Labute approximate surface area is 257 Å². The van der Waals surface area contributed by atoms with E-state index in [1.807, 2.05) is 0 Å². The number of ether oxygens (including phenoxy) is 1. The fourth-order valence-electron chi connectivity index (χ4n) is 3.69. The summed E-state index contributed by atoms with van der Waals surface area (Å²) in [6, 6.07) is 0. The van der Waals surface area contributed by atoms with Gasteiger partial charge in [-0.25, -0.2) is 13.9 Å². The topological polar surface area (TPSA) is 178 Å². The first-order valence-electron chi connectivity index (χ1n) is 13.3. The Hall–Kier alpha value is -2.25. The van der Waals surface area contributed by atoms with Gasteiger partial charge in [-0.3, -0.25) is 37.5 Å². The molecule has 0 unspecified atom stereocenters. The van der Waals surface area contributed by atoms with Crippen molar-refractivity contribution in [1.82, 2.24) is 19.5 Å².